The third-order valence-electron chi connectivity index (χ3n) is 2.94. The minimum atomic E-state index is 0. The predicted molar refractivity (Wildman–Crippen MR) is 80.3 cm³/mol. The fourth-order valence-corrected chi connectivity index (χ4v) is 1.83. The van der Waals surface area contributed by atoms with E-state index in [1.807, 2.05) is 47.4 Å². The van der Waals surface area contributed by atoms with Crippen molar-refractivity contribution in [2.24, 2.45) is 4.99 Å². The molecule has 0 N–H and O–H groups in total. The number of amidine groups is 1. The molecule has 3 rings (SSSR count). The first-order chi connectivity index (χ1) is 9.31. The number of benzene rings is 2. The first-order valence-electron chi connectivity index (χ1n) is 6.46. The molecule has 0 amide bonds. The van der Waals surface area contributed by atoms with Crippen molar-refractivity contribution in [1.29, 1.82) is 0 Å². The van der Waals surface area contributed by atoms with E-state index in [1.54, 1.807) is 0 Å². The average molecular weight is 339 g/mol. The van der Waals surface area contributed by atoms with Gasteiger partial charge in [-0.05, 0) is 18.2 Å². The molecule has 0 spiro atoms. The van der Waals surface area contributed by atoms with Crippen LogP contribution in [0.25, 0.3) is 0 Å². The summed E-state index contributed by atoms with van der Waals surface area (Å²) in [6.07, 6.45) is 0.924. The monoisotopic (exact) mass is 339 g/mol. The van der Waals surface area contributed by atoms with E-state index in [0.29, 0.717) is 0 Å². The number of fused-ring (bicyclic) bond motifs is 1. The molecule has 20 heavy (non-hydrogen) atoms. The van der Waals surface area contributed by atoms with Crippen molar-refractivity contribution in [2.45, 2.75) is 13.3 Å². The van der Waals surface area contributed by atoms with Crippen LogP contribution in [0.2, 0.25) is 0 Å². The van der Waals surface area contributed by atoms with E-state index in [0.717, 1.165) is 24.5 Å². The third-order valence-corrected chi connectivity index (χ3v) is 2.94. The van der Waals surface area contributed by atoms with E-state index in [1.165, 1.54) is 5.56 Å². The molecular weight excluding hydrogens is 321 g/mol. The Balaban J connectivity index is 0.000000243. The van der Waals surface area contributed by atoms with Gasteiger partial charge in [-0.15, -0.1) is 0 Å². The summed E-state index contributed by atoms with van der Waals surface area (Å²) in [5.41, 5.74) is 2.40. The Hall–Kier alpha value is -0.986. The number of hydrogen-bond acceptors (Lipinski definition) is 2. The number of para-hydroxylation sites is 1. The van der Waals surface area contributed by atoms with Crippen LogP contribution < -0.4 is 0 Å². The van der Waals surface area contributed by atoms with Gasteiger partial charge in [0.05, 0.1) is 11.5 Å². The molecule has 2 aromatic carbocycles. The zero-order valence-electron chi connectivity index (χ0n) is 11.8. The first-order valence-corrected chi connectivity index (χ1v) is 6.46. The van der Waals surface area contributed by atoms with Gasteiger partial charge in [-0.3, -0.25) is 7.05 Å². The third kappa shape index (κ3) is 4.84. The molecule has 0 unspecified atom stereocenters. The van der Waals surface area contributed by atoms with Gasteiger partial charge < -0.3 is 4.90 Å². The zero-order valence-corrected chi connectivity index (χ0v) is 14.6. The van der Waals surface area contributed by atoms with Crippen LogP contribution in [0.4, 0.5) is 5.69 Å². The van der Waals surface area contributed by atoms with Crippen molar-refractivity contribution >= 4 is 11.5 Å². The van der Waals surface area contributed by atoms with Crippen molar-refractivity contribution in [3.05, 3.63) is 73.3 Å². The topological polar surface area (TPSA) is 15.6 Å². The van der Waals surface area contributed by atoms with E-state index in [-0.39, 0.29) is 32.7 Å². The number of rotatable bonds is 1. The fraction of sp³-hybridized carbons (Fsp3) is 0.176. The smallest absolute Gasteiger partial charge is 0.0798 e. The van der Waals surface area contributed by atoms with Crippen LogP contribution in [-0.4, -0.2) is 17.3 Å². The van der Waals surface area contributed by atoms with Crippen LogP contribution in [0.15, 0.2) is 59.6 Å². The Labute approximate surface area is 146 Å². The molecule has 101 valence electrons. The summed E-state index contributed by atoms with van der Waals surface area (Å²) in [6.45, 7) is 2.99. The summed E-state index contributed by atoms with van der Waals surface area (Å²) in [4.78, 5) is 6.45. The van der Waals surface area contributed by atoms with E-state index in [2.05, 4.69) is 37.2 Å². The fourth-order valence-electron chi connectivity index (χ4n) is 1.83. The second-order valence-corrected chi connectivity index (χ2v) is 4.27. The molecule has 3 heteroatoms. The van der Waals surface area contributed by atoms with Crippen molar-refractivity contribution < 1.29 is 32.7 Å². The maximum absolute atomic E-state index is 4.50. The van der Waals surface area contributed by atoms with Crippen LogP contribution in [0, 0.1) is 13.1 Å². The maximum atomic E-state index is 4.50. The summed E-state index contributed by atoms with van der Waals surface area (Å²) >= 11 is 0. The molecule has 0 saturated carbocycles. The molecule has 2 nitrogen and oxygen atoms in total. The molecule has 0 fully saturated rings. The van der Waals surface area contributed by atoms with Gasteiger partial charge in [-0.25, -0.2) is 4.99 Å². The van der Waals surface area contributed by atoms with Gasteiger partial charge in [0, 0.05) is 39.1 Å². The Kier molecular flexibility index (Phi) is 7.72. The van der Waals surface area contributed by atoms with E-state index < -0.39 is 0 Å². The Morgan fingerprint density at radius 3 is 2.35 bits per heavy atom. The quantitative estimate of drug-likeness (QED) is 0.720. The van der Waals surface area contributed by atoms with E-state index in [4.69, 9.17) is 0 Å². The van der Waals surface area contributed by atoms with Crippen molar-refractivity contribution in [1.82, 2.24) is 4.90 Å². The van der Waals surface area contributed by atoms with Gasteiger partial charge in [-0.1, -0.05) is 25.1 Å². The molecule has 2 aromatic rings. The minimum Gasteiger partial charge on any atom is -0.513 e. The molecule has 1 aliphatic rings. The summed E-state index contributed by atoms with van der Waals surface area (Å²) in [6, 6.07) is 20.7. The summed E-state index contributed by atoms with van der Waals surface area (Å²) in [5.74, 6) is 1.07. The number of likely N-dealkylation sites (N-methyl/N-ethyl adjacent to an activating group) is 1. The molecule has 1 radical (unpaired) electrons. The number of aliphatic imine (C=N–C) groups is 1. The van der Waals surface area contributed by atoms with E-state index >= 15 is 0 Å². The molecule has 0 aliphatic carbocycles. The van der Waals surface area contributed by atoms with Crippen LogP contribution in [0.1, 0.15) is 12.5 Å². The normalized spacial score (nSPS) is 11.4. The molecule has 0 bridgehead atoms. The molecule has 0 saturated heterocycles. The Morgan fingerprint density at radius 2 is 1.85 bits per heavy atom. The average Bonchev–Trinajstić information content (AvgIpc) is 2.93. The largest absolute Gasteiger partial charge is 0.513 e. The molecule has 0 atom stereocenters. The van der Waals surface area contributed by atoms with Crippen molar-refractivity contribution in [3.8, 4) is 0 Å². The molecule has 1 aliphatic heterocycles. The molecular formula is C17H18N2Y-2. The maximum Gasteiger partial charge on any atom is 0.0798 e. The van der Waals surface area contributed by atoms with Gasteiger partial charge in [0.15, 0.2) is 0 Å². The summed E-state index contributed by atoms with van der Waals surface area (Å²) < 4.78 is 0. The molecule has 1 heterocycles. The van der Waals surface area contributed by atoms with Crippen molar-refractivity contribution in [3.63, 3.8) is 0 Å². The SMILES string of the molecule is [CH2-]N(CC)C1=Nc2ccccc2C1.[Y].[c-]1ccccc1. The standard InChI is InChI=1S/C11H13N2.C6H5.Y/c1-3-13(2)11-8-9-6-4-5-7-10(9)12-11;1-2-4-6-5-3-1;/h4-7H,2-3,8H2,1H3;1-5H;/q2*-1;. The first kappa shape index (κ1) is 17.1. The molecule has 0 aromatic heterocycles. The van der Waals surface area contributed by atoms with Gasteiger partial charge in [-0.2, -0.15) is 36.4 Å². The zero-order chi connectivity index (χ0) is 13.5. The summed E-state index contributed by atoms with van der Waals surface area (Å²) in [5, 5.41) is 0. The van der Waals surface area contributed by atoms with Crippen LogP contribution in [0.3, 0.4) is 0 Å². The van der Waals surface area contributed by atoms with Crippen molar-refractivity contribution in [2.75, 3.05) is 6.54 Å². The van der Waals surface area contributed by atoms with Gasteiger partial charge in [0.25, 0.3) is 0 Å². The Morgan fingerprint density at radius 1 is 1.15 bits per heavy atom. The van der Waals surface area contributed by atoms with Gasteiger partial charge in [0.1, 0.15) is 0 Å². The van der Waals surface area contributed by atoms with Crippen LogP contribution in [-0.2, 0) is 39.1 Å². The Bertz CT molecular complexity index is 511. The van der Waals surface area contributed by atoms with Crippen LogP contribution >= 0.6 is 0 Å². The van der Waals surface area contributed by atoms with Gasteiger partial charge in [0.2, 0.25) is 0 Å². The predicted octanol–water partition coefficient (Wildman–Crippen LogP) is 3.87. The van der Waals surface area contributed by atoms with E-state index in [9.17, 15) is 0 Å². The minimum absolute atomic E-state index is 0. The summed E-state index contributed by atoms with van der Waals surface area (Å²) in [7, 11) is 3.92. The van der Waals surface area contributed by atoms with Crippen LogP contribution in [0.5, 0.6) is 0 Å². The number of hydrogen-bond donors (Lipinski definition) is 0. The second kappa shape index (κ2) is 9.04. The second-order valence-electron chi connectivity index (χ2n) is 4.27. The van der Waals surface area contributed by atoms with Gasteiger partial charge >= 0.3 is 0 Å². The number of nitrogens with zero attached hydrogens (tertiary/aromatic N) is 2.